The Kier molecular flexibility index (Phi) is 10.1. The Morgan fingerprint density at radius 1 is 1.15 bits per heavy atom. The molecule has 3 N–H and O–H groups in total. The molecule has 0 radical (unpaired) electrons. The maximum atomic E-state index is 14.2. The van der Waals surface area contributed by atoms with Crippen molar-refractivity contribution in [3.8, 4) is 0 Å². The summed E-state index contributed by atoms with van der Waals surface area (Å²) in [6.45, 7) is 2.35. The van der Waals surface area contributed by atoms with Gasteiger partial charge in [-0.1, -0.05) is 19.9 Å². The standard InChI is InChI=1S/C25H30F3N5O6S/c1-15(2)8-21(23(34)30-12-16-4-3-5-29-11-16)31-24(35)22-13-32(25(36)37)6-7-33(22)40(38,39)14-18-19(27)9-17(26)10-20(18)28/h3-5,9-11,15,21-22H,6-8,12-14H2,1-2H3,(H,30,34)(H,31,35)(H,36,37)/t21?,22-/m0/s1. The molecule has 1 aliphatic rings. The van der Waals surface area contributed by atoms with Gasteiger partial charge in [0, 0.05) is 56.3 Å². The van der Waals surface area contributed by atoms with E-state index in [9.17, 15) is 41.1 Å². The van der Waals surface area contributed by atoms with Crippen LogP contribution in [0.1, 0.15) is 31.4 Å². The SMILES string of the molecule is CC(C)CC(NC(=O)[C@@H]1CN(C(=O)O)CCN1S(=O)(=O)Cc1c(F)cc(F)cc1F)C(=O)NCc1cccnc1. The lowest BCUT2D eigenvalue weighted by atomic mass is 10.0. The third kappa shape index (κ3) is 7.91. The quantitative estimate of drug-likeness (QED) is 0.385. The highest BCUT2D eigenvalue weighted by Gasteiger charge is 2.42. The minimum atomic E-state index is -4.62. The summed E-state index contributed by atoms with van der Waals surface area (Å²) in [4.78, 5) is 42.8. The predicted molar refractivity (Wildman–Crippen MR) is 137 cm³/mol. The van der Waals surface area contributed by atoms with E-state index >= 15 is 0 Å². The summed E-state index contributed by atoms with van der Waals surface area (Å²) in [5, 5.41) is 14.7. The van der Waals surface area contributed by atoms with Crippen LogP contribution in [0.4, 0.5) is 18.0 Å². The van der Waals surface area contributed by atoms with Crippen molar-refractivity contribution in [2.24, 2.45) is 5.92 Å². The predicted octanol–water partition coefficient (Wildman–Crippen LogP) is 1.84. The fourth-order valence-corrected chi connectivity index (χ4v) is 5.96. The minimum absolute atomic E-state index is 0.0689. The van der Waals surface area contributed by atoms with Crippen molar-refractivity contribution in [2.75, 3.05) is 19.6 Å². The monoisotopic (exact) mass is 585 g/mol. The Bertz CT molecular complexity index is 1320. The Balaban J connectivity index is 1.84. The zero-order valence-corrected chi connectivity index (χ0v) is 22.6. The molecule has 1 unspecified atom stereocenters. The van der Waals surface area contributed by atoms with Gasteiger partial charge in [-0.05, 0) is 24.0 Å². The van der Waals surface area contributed by atoms with Gasteiger partial charge in [0.15, 0.2) is 0 Å². The highest BCUT2D eigenvalue weighted by atomic mass is 32.2. The normalized spacial score (nSPS) is 16.9. The summed E-state index contributed by atoms with van der Waals surface area (Å²) in [6, 6.07) is 1.36. The molecule has 1 saturated heterocycles. The van der Waals surface area contributed by atoms with Gasteiger partial charge in [0.2, 0.25) is 21.8 Å². The zero-order chi connectivity index (χ0) is 29.6. The fraction of sp³-hybridized carbons (Fsp3) is 0.440. The molecule has 0 spiro atoms. The molecule has 2 heterocycles. The first-order valence-corrected chi connectivity index (χ1v) is 14.0. The lowest BCUT2D eigenvalue weighted by Crippen LogP contribution is -2.63. The zero-order valence-electron chi connectivity index (χ0n) is 21.8. The van der Waals surface area contributed by atoms with Gasteiger partial charge < -0.3 is 20.6 Å². The highest BCUT2D eigenvalue weighted by molar-refractivity contribution is 7.88. The molecule has 0 saturated carbocycles. The number of carboxylic acid groups (broad SMARTS) is 1. The van der Waals surface area contributed by atoms with Crippen molar-refractivity contribution in [3.63, 3.8) is 0 Å². The first-order valence-electron chi connectivity index (χ1n) is 12.4. The summed E-state index contributed by atoms with van der Waals surface area (Å²) in [6.07, 6.45) is 1.89. The Hall–Kier alpha value is -3.72. The first kappa shape index (κ1) is 30.8. The van der Waals surface area contributed by atoms with Crippen LogP contribution < -0.4 is 10.6 Å². The number of nitrogens with zero attached hydrogens (tertiary/aromatic N) is 3. The van der Waals surface area contributed by atoms with Crippen LogP contribution >= 0.6 is 0 Å². The lowest BCUT2D eigenvalue weighted by molar-refractivity contribution is -0.132. The van der Waals surface area contributed by atoms with Crippen molar-refractivity contribution < 1.29 is 41.1 Å². The van der Waals surface area contributed by atoms with Crippen molar-refractivity contribution in [3.05, 3.63) is 65.2 Å². The van der Waals surface area contributed by atoms with Crippen LogP contribution in [-0.4, -0.2) is 77.3 Å². The van der Waals surface area contributed by atoms with E-state index in [4.69, 9.17) is 0 Å². The van der Waals surface area contributed by atoms with Gasteiger partial charge in [0.05, 0.1) is 5.75 Å². The van der Waals surface area contributed by atoms with E-state index in [0.717, 1.165) is 4.90 Å². The summed E-state index contributed by atoms with van der Waals surface area (Å²) < 4.78 is 69.0. The van der Waals surface area contributed by atoms with Gasteiger partial charge in [-0.25, -0.2) is 26.4 Å². The molecule has 3 amide bonds. The summed E-state index contributed by atoms with van der Waals surface area (Å²) in [5.74, 6) is -6.90. The maximum Gasteiger partial charge on any atom is 0.407 e. The van der Waals surface area contributed by atoms with Crippen molar-refractivity contribution >= 4 is 27.9 Å². The van der Waals surface area contributed by atoms with Gasteiger partial charge >= 0.3 is 6.09 Å². The molecular formula is C25H30F3N5O6S. The van der Waals surface area contributed by atoms with Crippen LogP contribution in [0.25, 0.3) is 0 Å². The lowest BCUT2D eigenvalue weighted by Gasteiger charge is -2.39. The Morgan fingerprint density at radius 2 is 1.82 bits per heavy atom. The molecule has 40 heavy (non-hydrogen) atoms. The van der Waals surface area contributed by atoms with E-state index in [-0.39, 0.29) is 25.4 Å². The topological polar surface area (TPSA) is 149 Å². The number of carbonyl (C=O) groups excluding carboxylic acids is 2. The molecule has 1 fully saturated rings. The molecule has 1 aliphatic heterocycles. The van der Waals surface area contributed by atoms with Gasteiger partial charge in [0.1, 0.15) is 29.5 Å². The average molecular weight is 586 g/mol. The molecule has 11 nitrogen and oxygen atoms in total. The highest BCUT2D eigenvalue weighted by Crippen LogP contribution is 2.23. The molecule has 2 atom stereocenters. The number of pyridine rings is 1. The number of hydrogen-bond donors (Lipinski definition) is 3. The minimum Gasteiger partial charge on any atom is -0.465 e. The van der Waals surface area contributed by atoms with Crippen molar-refractivity contribution in [2.45, 2.75) is 44.6 Å². The fourth-order valence-electron chi connectivity index (χ4n) is 4.25. The Labute approximate surface area is 229 Å². The number of halogens is 3. The van der Waals surface area contributed by atoms with Gasteiger partial charge in [-0.3, -0.25) is 14.6 Å². The van der Waals surface area contributed by atoms with E-state index < -0.39 is 81.9 Å². The van der Waals surface area contributed by atoms with E-state index in [1.807, 2.05) is 13.8 Å². The second-order valence-corrected chi connectivity index (χ2v) is 11.7. The van der Waals surface area contributed by atoms with Crippen LogP contribution in [0.2, 0.25) is 0 Å². The molecule has 3 rings (SSSR count). The number of hydrogen-bond acceptors (Lipinski definition) is 6. The number of aromatic nitrogens is 1. The number of piperazine rings is 1. The number of nitrogens with one attached hydrogen (secondary N) is 2. The molecule has 1 aromatic carbocycles. The molecule has 1 aromatic heterocycles. The second-order valence-electron chi connectivity index (χ2n) is 9.73. The number of carbonyl (C=O) groups is 3. The molecule has 0 bridgehead atoms. The number of rotatable bonds is 10. The smallest absolute Gasteiger partial charge is 0.407 e. The van der Waals surface area contributed by atoms with E-state index in [2.05, 4.69) is 15.6 Å². The van der Waals surface area contributed by atoms with E-state index in [1.54, 1.807) is 24.5 Å². The van der Waals surface area contributed by atoms with Crippen molar-refractivity contribution in [1.29, 1.82) is 0 Å². The summed E-state index contributed by atoms with van der Waals surface area (Å²) in [7, 11) is -4.62. The van der Waals surface area contributed by atoms with Gasteiger partial charge in [-0.2, -0.15) is 4.31 Å². The molecule has 218 valence electrons. The summed E-state index contributed by atoms with van der Waals surface area (Å²) >= 11 is 0. The van der Waals surface area contributed by atoms with Crippen LogP contribution in [-0.2, 0) is 31.9 Å². The number of amides is 3. The number of sulfonamides is 1. The van der Waals surface area contributed by atoms with E-state index in [0.29, 0.717) is 22.0 Å². The summed E-state index contributed by atoms with van der Waals surface area (Å²) in [5.41, 5.74) is -0.221. The number of benzene rings is 1. The molecule has 0 aliphatic carbocycles. The van der Waals surface area contributed by atoms with Crippen LogP contribution in [0.3, 0.4) is 0 Å². The van der Waals surface area contributed by atoms with Crippen LogP contribution in [0, 0.1) is 23.4 Å². The van der Waals surface area contributed by atoms with Crippen LogP contribution in [0.5, 0.6) is 0 Å². The third-order valence-corrected chi connectivity index (χ3v) is 8.03. The average Bonchev–Trinajstić information content (AvgIpc) is 2.88. The molecular weight excluding hydrogens is 555 g/mol. The first-order chi connectivity index (χ1) is 18.8. The maximum absolute atomic E-state index is 14.2. The van der Waals surface area contributed by atoms with Crippen molar-refractivity contribution in [1.82, 2.24) is 24.8 Å². The molecule has 2 aromatic rings. The van der Waals surface area contributed by atoms with E-state index in [1.165, 1.54) is 0 Å². The molecule has 15 heteroatoms. The largest absolute Gasteiger partial charge is 0.465 e. The Morgan fingerprint density at radius 3 is 2.40 bits per heavy atom. The third-order valence-electron chi connectivity index (χ3n) is 6.22. The van der Waals surface area contributed by atoms with Gasteiger partial charge in [-0.15, -0.1) is 0 Å². The second kappa shape index (κ2) is 13.1. The van der Waals surface area contributed by atoms with Gasteiger partial charge in [0.25, 0.3) is 0 Å². The van der Waals surface area contributed by atoms with Crippen LogP contribution in [0.15, 0.2) is 36.7 Å².